The summed E-state index contributed by atoms with van der Waals surface area (Å²) in [7, 11) is -4.76. The van der Waals surface area contributed by atoms with Crippen molar-refractivity contribution in [2.75, 3.05) is 22.9 Å². The SMILES string of the molecule is O=C(ON(c1nccs1)S(=O)(=O)c1ccc(NC2CN(Cc3ccccc3)C2)c(Cl)c1)C(F)(F)F. The zero-order chi connectivity index (χ0) is 25.2. The summed E-state index contributed by atoms with van der Waals surface area (Å²) in [5.74, 6) is -2.70. The number of rotatable bonds is 8. The molecule has 2 heterocycles. The minimum Gasteiger partial charge on any atom is -0.379 e. The van der Waals surface area contributed by atoms with E-state index < -0.39 is 32.2 Å². The van der Waals surface area contributed by atoms with Crippen molar-refractivity contribution in [1.29, 1.82) is 0 Å². The number of carbonyl (C=O) groups is 1. The lowest BCUT2D eigenvalue weighted by molar-refractivity contribution is -0.199. The molecule has 4 rings (SSSR count). The van der Waals surface area contributed by atoms with Crippen LogP contribution in [-0.2, 0) is 26.2 Å². The molecule has 0 unspecified atom stereocenters. The molecule has 0 bridgehead atoms. The van der Waals surface area contributed by atoms with E-state index in [1.807, 2.05) is 30.3 Å². The minimum atomic E-state index is -5.41. The Bertz CT molecular complexity index is 1290. The zero-order valence-corrected chi connectivity index (χ0v) is 20.2. The summed E-state index contributed by atoms with van der Waals surface area (Å²) in [6.45, 7) is 2.29. The van der Waals surface area contributed by atoms with E-state index in [2.05, 4.69) is 20.0 Å². The average Bonchev–Trinajstić information content (AvgIpc) is 3.31. The summed E-state index contributed by atoms with van der Waals surface area (Å²) >= 11 is 6.95. The molecule has 0 amide bonds. The third kappa shape index (κ3) is 5.86. The van der Waals surface area contributed by atoms with Gasteiger partial charge in [-0.05, 0) is 23.8 Å². The maximum atomic E-state index is 13.0. The van der Waals surface area contributed by atoms with Gasteiger partial charge in [-0.1, -0.05) is 46.4 Å². The van der Waals surface area contributed by atoms with Gasteiger partial charge < -0.3 is 10.2 Å². The molecule has 8 nitrogen and oxygen atoms in total. The molecule has 1 aromatic heterocycles. The van der Waals surface area contributed by atoms with Gasteiger partial charge in [-0.2, -0.15) is 21.6 Å². The Balaban J connectivity index is 1.46. The number of sulfonamides is 1. The lowest BCUT2D eigenvalue weighted by atomic mass is 10.1. The van der Waals surface area contributed by atoms with E-state index >= 15 is 0 Å². The second kappa shape index (κ2) is 10.0. The first-order valence-electron chi connectivity index (χ1n) is 10.1. The molecule has 0 radical (unpaired) electrons. The molecule has 3 aromatic rings. The second-order valence-corrected chi connectivity index (χ2v) is 10.6. The van der Waals surface area contributed by atoms with Gasteiger partial charge in [-0.25, -0.2) is 9.78 Å². The van der Waals surface area contributed by atoms with Crippen LogP contribution in [0.4, 0.5) is 24.0 Å². The average molecular weight is 547 g/mol. The number of hydrogen-bond acceptors (Lipinski definition) is 8. The Morgan fingerprint density at radius 2 is 1.94 bits per heavy atom. The fourth-order valence-electron chi connectivity index (χ4n) is 3.34. The topological polar surface area (TPSA) is 91.8 Å². The van der Waals surface area contributed by atoms with Gasteiger partial charge in [0.2, 0.25) is 5.13 Å². The van der Waals surface area contributed by atoms with Crippen molar-refractivity contribution in [2.24, 2.45) is 0 Å². The first kappa shape index (κ1) is 25.2. The number of likely N-dealkylation sites (tertiary alicyclic amines) is 1. The van der Waals surface area contributed by atoms with Gasteiger partial charge >= 0.3 is 12.1 Å². The molecule has 1 aliphatic rings. The lowest BCUT2D eigenvalue weighted by Gasteiger charge is -2.40. The standard InChI is InChI=1S/C21H18ClF3N4O4S2/c22-17-10-16(35(31,32)29(20-26-8-9-34-20)33-19(30)21(23,24)25)6-7-18(17)27-15-12-28(13-15)11-14-4-2-1-3-5-14/h1-10,15,27H,11-13H2. The number of aromatic nitrogens is 1. The van der Waals surface area contributed by atoms with Gasteiger partial charge in [-0.15, -0.1) is 11.3 Å². The Morgan fingerprint density at radius 3 is 2.54 bits per heavy atom. The van der Waals surface area contributed by atoms with Gasteiger partial charge in [0, 0.05) is 31.2 Å². The summed E-state index contributed by atoms with van der Waals surface area (Å²) < 4.78 is 64.1. The van der Waals surface area contributed by atoms with E-state index in [1.54, 1.807) is 0 Å². The second-order valence-electron chi connectivity index (χ2n) is 7.59. The molecule has 35 heavy (non-hydrogen) atoms. The summed E-state index contributed by atoms with van der Waals surface area (Å²) in [6, 6.07) is 13.7. The van der Waals surface area contributed by atoms with E-state index in [4.69, 9.17) is 11.6 Å². The molecule has 1 aliphatic heterocycles. The van der Waals surface area contributed by atoms with E-state index in [9.17, 15) is 26.4 Å². The number of nitrogens with zero attached hydrogens (tertiary/aromatic N) is 3. The van der Waals surface area contributed by atoms with Crippen molar-refractivity contribution in [2.45, 2.75) is 23.7 Å². The fourth-order valence-corrected chi connectivity index (χ4v) is 5.67. The highest BCUT2D eigenvalue weighted by atomic mass is 35.5. The van der Waals surface area contributed by atoms with Crippen LogP contribution in [0.15, 0.2) is 65.0 Å². The fraction of sp³-hybridized carbons (Fsp3) is 0.238. The maximum Gasteiger partial charge on any atom is 0.493 e. The maximum absolute atomic E-state index is 13.0. The molecule has 1 fully saturated rings. The smallest absolute Gasteiger partial charge is 0.379 e. The molecule has 2 aromatic carbocycles. The summed E-state index contributed by atoms with van der Waals surface area (Å²) in [5.41, 5.74) is 1.65. The normalized spacial score (nSPS) is 14.9. The first-order valence-corrected chi connectivity index (χ1v) is 12.8. The molecule has 0 atom stereocenters. The summed E-state index contributed by atoms with van der Waals surface area (Å²) in [4.78, 5) is 20.9. The number of carbonyl (C=O) groups excluding carboxylic acids is 1. The van der Waals surface area contributed by atoms with Crippen molar-refractivity contribution >= 4 is 49.7 Å². The molecule has 14 heteroatoms. The Morgan fingerprint density at radius 1 is 1.23 bits per heavy atom. The monoisotopic (exact) mass is 546 g/mol. The molecule has 186 valence electrons. The van der Waals surface area contributed by atoms with Crippen molar-refractivity contribution in [3.63, 3.8) is 0 Å². The quantitative estimate of drug-likeness (QED) is 0.421. The van der Waals surface area contributed by atoms with E-state index in [0.29, 0.717) is 17.0 Å². The van der Waals surface area contributed by atoms with E-state index in [-0.39, 0.29) is 15.5 Å². The van der Waals surface area contributed by atoms with Crippen LogP contribution in [0.5, 0.6) is 0 Å². The highest BCUT2D eigenvalue weighted by molar-refractivity contribution is 7.92. The Hall–Kier alpha value is -2.87. The minimum absolute atomic E-state index is 0.0359. The van der Waals surface area contributed by atoms with E-state index in [0.717, 1.165) is 38.0 Å². The van der Waals surface area contributed by atoms with Gasteiger partial charge in [-0.3, -0.25) is 4.90 Å². The van der Waals surface area contributed by atoms with Crippen LogP contribution in [0.3, 0.4) is 0 Å². The molecule has 0 saturated carbocycles. The molecule has 1 N–H and O–H groups in total. The van der Waals surface area contributed by atoms with Crippen LogP contribution in [0, 0.1) is 0 Å². The number of nitrogens with one attached hydrogen (secondary N) is 1. The van der Waals surface area contributed by atoms with Crippen LogP contribution in [0.2, 0.25) is 5.02 Å². The first-order chi connectivity index (χ1) is 16.5. The number of thiazole rings is 1. The molecule has 1 saturated heterocycles. The van der Waals surface area contributed by atoms with Gasteiger partial charge in [0.25, 0.3) is 10.0 Å². The Kier molecular flexibility index (Phi) is 7.22. The van der Waals surface area contributed by atoms with Crippen LogP contribution in [0.1, 0.15) is 5.56 Å². The van der Waals surface area contributed by atoms with Crippen molar-refractivity contribution in [3.8, 4) is 0 Å². The molecular weight excluding hydrogens is 529 g/mol. The number of benzene rings is 2. The molecular formula is C21H18ClF3N4O4S2. The highest BCUT2D eigenvalue weighted by Gasteiger charge is 2.45. The van der Waals surface area contributed by atoms with Gasteiger partial charge in [0.05, 0.1) is 21.6 Å². The number of halogens is 4. The largest absolute Gasteiger partial charge is 0.493 e. The number of anilines is 2. The predicted octanol–water partition coefficient (Wildman–Crippen LogP) is 4.31. The lowest BCUT2D eigenvalue weighted by Crippen LogP contribution is -2.54. The zero-order valence-electron chi connectivity index (χ0n) is 17.8. The van der Waals surface area contributed by atoms with Crippen molar-refractivity contribution in [1.82, 2.24) is 9.88 Å². The van der Waals surface area contributed by atoms with Gasteiger partial charge in [0.15, 0.2) is 0 Å². The third-order valence-corrected chi connectivity index (χ3v) is 7.70. The van der Waals surface area contributed by atoms with Crippen LogP contribution in [0.25, 0.3) is 0 Å². The Labute approximate surface area is 207 Å². The molecule has 0 spiro atoms. The predicted molar refractivity (Wildman–Crippen MR) is 125 cm³/mol. The third-order valence-electron chi connectivity index (χ3n) is 5.00. The van der Waals surface area contributed by atoms with Crippen molar-refractivity contribution < 1.29 is 31.2 Å². The summed E-state index contributed by atoms with van der Waals surface area (Å²) in [6.07, 6.45) is -4.25. The van der Waals surface area contributed by atoms with Crippen molar-refractivity contribution in [3.05, 3.63) is 70.7 Å². The molecule has 0 aliphatic carbocycles. The van der Waals surface area contributed by atoms with E-state index in [1.165, 1.54) is 17.0 Å². The highest BCUT2D eigenvalue weighted by Crippen LogP contribution is 2.32. The van der Waals surface area contributed by atoms with Crippen LogP contribution >= 0.6 is 22.9 Å². The number of hydrogen-bond donors (Lipinski definition) is 1. The van der Waals surface area contributed by atoms with Crippen LogP contribution < -0.4 is 9.79 Å². The van der Waals surface area contributed by atoms with Crippen LogP contribution in [-0.4, -0.2) is 49.6 Å². The number of alkyl halides is 3. The summed E-state index contributed by atoms with van der Waals surface area (Å²) in [5, 5.41) is 4.10. The van der Waals surface area contributed by atoms with Gasteiger partial charge in [0.1, 0.15) is 0 Å².